The number of carboxylic acids is 1. The van der Waals surface area contributed by atoms with Crippen molar-refractivity contribution in [3.8, 4) is 0 Å². The Morgan fingerprint density at radius 2 is 1.24 bits per heavy atom. The quantitative estimate of drug-likeness (QED) is 0.345. The Bertz CT molecular complexity index is 219. The molecule has 1 unspecified atom stereocenters. The summed E-state index contributed by atoms with van der Waals surface area (Å²) in [5.74, 6) is 0.220. The van der Waals surface area contributed by atoms with Crippen molar-refractivity contribution in [3.63, 3.8) is 0 Å². The highest BCUT2D eigenvalue weighted by molar-refractivity contribution is 5.85. The van der Waals surface area contributed by atoms with Crippen LogP contribution in [-0.4, -0.2) is 11.1 Å². The Balaban J connectivity index is 0. The third kappa shape index (κ3) is 19.8. The van der Waals surface area contributed by atoms with E-state index in [9.17, 15) is 4.79 Å². The lowest BCUT2D eigenvalue weighted by atomic mass is 9.96. The molecule has 21 heavy (non-hydrogen) atoms. The van der Waals surface area contributed by atoms with E-state index in [1.807, 2.05) is 0 Å². The van der Waals surface area contributed by atoms with Crippen molar-refractivity contribution in [2.75, 3.05) is 0 Å². The van der Waals surface area contributed by atoms with Gasteiger partial charge in [-0.3, -0.25) is 4.79 Å². The molecule has 0 saturated carbocycles. The molecular weight excluding hydrogens is 284 g/mol. The van der Waals surface area contributed by atoms with E-state index in [1.54, 1.807) is 0 Å². The molecule has 0 amide bonds. The lowest BCUT2D eigenvalue weighted by Crippen LogP contribution is -1.96. The molecule has 0 spiro atoms. The minimum atomic E-state index is -0.655. The highest BCUT2D eigenvalue weighted by Gasteiger charge is 2.02. The predicted octanol–water partition coefficient (Wildman–Crippen LogP) is 6.61. The van der Waals surface area contributed by atoms with E-state index >= 15 is 0 Å². The first-order valence-corrected chi connectivity index (χ1v) is 8.88. The van der Waals surface area contributed by atoms with Gasteiger partial charge in [-0.15, -0.1) is 12.4 Å². The molecule has 0 saturated heterocycles. The zero-order valence-electron chi connectivity index (χ0n) is 14.2. The monoisotopic (exact) mass is 320 g/mol. The summed E-state index contributed by atoms with van der Waals surface area (Å²) in [6.45, 7) is 4.65. The van der Waals surface area contributed by atoms with Gasteiger partial charge in [-0.25, -0.2) is 0 Å². The third-order valence-electron chi connectivity index (χ3n) is 4.14. The van der Waals surface area contributed by atoms with Crippen LogP contribution in [0.3, 0.4) is 0 Å². The average molecular weight is 321 g/mol. The van der Waals surface area contributed by atoms with Crippen molar-refractivity contribution in [1.29, 1.82) is 0 Å². The molecule has 0 aromatic heterocycles. The third-order valence-corrected chi connectivity index (χ3v) is 4.14. The Morgan fingerprint density at radius 3 is 1.71 bits per heavy atom. The van der Waals surface area contributed by atoms with E-state index in [0.717, 1.165) is 18.8 Å². The van der Waals surface area contributed by atoms with E-state index in [0.29, 0.717) is 6.42 Å². The van der Waals surface area contributed by atoms with Gasteiger partial charge >= 0.3 is 5.97 Å². The van der Waals surface area contributed by atoms with Crippen molar-refractivity contribution in [1.82, 2.24) is 0 Å². The van der Waals surface area contributed by atoms with Gasteiger partial charge in [0.05, 0.1) is 0 Å². The highest BCUT2D eigenvalue weighted by atomic mass is 35.5. The Morgan fingerprint density at radius 1 is 0.810 bits per heavy atom. The maximum Gasteiger partial charge on any atom is 0.303 e. The highest BCUT2D eigenvalue weighted by Crippen LogP contribution is 2.18. The van der Waals surface area contributed by atoms with E-state index in [1.165, 1.54) is 70.6 Å². The van der Waals surface area contributed by atoms with E-state index in [-0.39, 0.29) is 12.4 Å². The minimum absolute atomic E-state index is 0. The number of halogens is 1. The molecule has 0 aromatic rings. The van der Waals surface area contributed by atoms with Crippen LogP contribution in [0.5, 0.6) is 0 Å². The second-order valence-electron chi connectivity index (χ2n) is 6.36. The van der Waals surface area contributed by atoms with E-state index < -0.39 is 5.97 Å². The maximum atomic E-state index is 10.4. The Labute approximate surface area is 138 Å². The molecule has 3 heteroatoms. The van der Waals surface area contributed by atoms with Crippen LogP contribution in [-0.2, 0) is 4.79 Å². The van der Waals surface area contributed by atoms with Gasteiger partial charge in [-0.2, -0.15) is 0 Å². The standard InChI is InChI=1S/C18H36O2.ClH/c1-3-4-5-6-8-11-14-17(2)15-12-9-7-10-13-16-18(19)20;/h17H,3-16H2,1-2H3,(H,19,20);1H. The SMILES string of the molecule is CCCCCCCCC(C)CCCCCCCC(=O)O.Cl. The van der Waals surface area contributed by atoms with E-state index in [2.05, 4.69) is 13.8 Å². The second kappa shape index (κ2) is 17.8. The fraction of sp³-hybridized carbons (Fsp3) is 0.944. The zero-order valence-corrected chi connectivity index (χ0v) is 15.1. The van der Waals surface area contributed by atoms with Crippen molar-refractivity contribution in [2.24, 2.45) is 5.92 Å². The number of unbranched alkanes of at least 4 members (excludes halogenated alkanes) is 9. The Hall–Kier alpha value is -0.240. The van der Waals surface area contributed by atoms with Crippen LogP contribution in [0.2, 0.25) is 0 Å². The molecular formula is C18H37ClO2. The first-order valence-electron chi connectivity index (χ1n) is 8.88. The lowest BCUT2D eigenvalue weighted by Gasteiger charge is -2.10. The van der Waals surface area contributed by atoms with Gasteiger partial charge in [0.2, 0.25) is 0 Å². The number of carbonyl (C=O) groups is 1. The first-order chi connectivity index (χ1) is 9.66. The summed E-state index contributed by atoms with van der Waals surface area (Å²) in [4.78, 5) is 10.4. The predicted molar refractivity (Wildman–Crippen MR) is 94.4 cm³/mol. The van der Waals surface area contributed by atoms with Crippen LogP contribution in [0.1, 0.15) is 104 Å². The number of rotatable bonds is 15. The fourth-order valence-corrected chi connectivity index (χ4v) is 2.72. The van der Waals surface area contributed by atoms with Crippen LogP contribution < -0.4 is 0 Å². The fourth-order valence-electron chi connectivity index (χ4n) is 2.72. The molecule has 0 fully saturated rings. The van der Waals surface area contributed by atoms with Crippen molar-refractivity contribution < 1.29 is 9.90 Å². The van der Waals surface area contributed by atoms with Gasteiger partial charge in [0.25, 0.3) is 0 Å². The summed E-state index contributed by atoms with van der Waals surface area (Å²) in [5.41, 5.74) is 0. The van der Waals surface area contributed by atoms with Crippen LogP contribution >= 0.6 is 12.4 Å². The molecule has 0 aliphatic carbocycles. The lowest BCUT2D eigenvalue weighted by molar-refractivity contribution is -0.137. The van der Waals surface area contributed by atoms with Gasteiger partial charge < -0.3 is 5.11 Å². The minimum Gasteiger partial charge on any atom is -0.481 e. The molecule has 0 aliphatic heterocycles. The largest absolute Gasteiger partial charge is 0.481 e. The van der Waals surface area contributed by atoms with Crippen LogP contribution in [0.25, 0.3) is 0 Å². The summed E-state index contributed by atoms with van der Waals surface area (Å²) in [7, 11) is 0. The second-order valence-corrected chi connectivity index (χ2v) is 6.36. The summed E-state index contributed by atoms with van der Waals surface area (Å²) in [6, 6.07) is 0. The van der Waals surface area contributed by atoms with Crippen molar-refractivity contribution >= 4 is 18.4 Å². The zero-order chi connectivity index (χ0) is 15.1. The normalized spacial score (nSPS) is 11.9. The molecule has 0 aliphatic rings. The van der Waals surface area contributed by atoms with Gasteiger partial charge in [-0.1, -0.05) is 90.9 Å². The van der Waals surface area contributed by atoms with Crippen LogP contribution in [0.15, 0.2) is 0 Å². The topological polar surface area (TPSA) is 37.3 Å². The van der Waals surface area contributed by atoms with Crippen molar-refractivity contribution in [3.05, 3.63) is 0 Å². The molecule has 0 aromatic carbocycles. The summed E-state index contributed by atoms with van der Waals surface area (Å²) in [6.07, 6.45) is 17.2. The smallest absolute Gasteiger partial charge is 0.303 e. The van der Waals surface area contributed by atoms with Gasteiger partial charge in [-0.05, 0) is 12.3 Å². The number of hydrogen-bond acceptors (Lipinski definition) is 1. The van der Waals surface area contributed by atoms with Crippen molar-refractivity contribution in [2.45, 2.75) is 104 Å². The first kappa shape index (κ1) is 23.0. The average Bonchev–Trinajstić information content (AvgIpc) is 2.41. The summed E-state index contributed by atoms with van der Waals surface area (Å²) in [5, 5.41) is 8.54. The molecule has 0 radical (unpaired) electrons. The molecule has 0 heterocycles. The molecule has 0 rings (SSSR count). The maximum absolute atomic E-state index is 10.4. The van der Waals surface area contributed by atoms with Crippen LogP contribution in [0, 0.1) is 5.92 Å². The molecule has 2 nitrogen and oxygen atoms in total. The summed E-state index contributed by atoms with van der Waals surface area (Å²) >= 11 is 0. The molecule has 128 valence electrons. The van der Waals surface area contributed by atoms with E-state index in [4.69, 9.17) is 5.11 Å². The Kier molecular flexibility index (Phi) is 19.5. The number of aliphatic carboxylic acids is 1. The summed E-state index contributed by atoms with van der Waals surface area (Å²) < 4.78 is 0. The molecule has 1 N–H and O–H groups in total. The number of carboxylic acid groups (broad SMARTS) is 1. The van der Waals surface area contributed by atoms with Gasteiger partial charge in [0.15, 0.2) is 0 Å². The van der Waals surface area contributed by atoms with Crippen LogP contribution in [0.4, 0.5) is 0 Å². The number of hydrogen-bond donors (Lipinski definition) is 1. The molecule has 1 atom stereocenters. The van der Waals surface area contributed by atoms with Gasteiger partial charge in [0.1, 0.15) is 0 Å². The van der Waals surface area contributed by atoms with Gasteiger partial charge in [0, 0.05) is 6.42 Å². The molecule has 0 bridgehead atoms.